The molecule has 1 atom stereocenters. The average Bonchev–Trinajstić information content (AvgIpc) is 3.06. The molecule has 1 amide bonds. The van der Waals surface area contributed by atoms with Crippen LogP contribution in [0.4, 0.5) is 0 Å². The fourth-order valence-electron chi connectivity index (χ4n) is 3.07. The number of fused-ring (bicyclic) bond motifs is 1. The number of hydrogen-bond donors (Lipinski definition) is 0. The number of amides is 1. The zero-order valence-corrected chi connectivity index (χ0v) is 13.3. The van der Waals surface area contributed by atoms with Gasteiger partial charge in [-0.15, -0.1) is 0 Å². The second kappa shape index (κ2) is 6.46. The Morgan fingerprint density at radius 3 is 3.08 bits per heavy atom. The highest BCUT2D eigenvalue weighted by Crippen LogP contribution is 2.22. The van der Waals surface area contributed by atoms with Gasteiger partial charge in [0.05, 0.1) is 19.3 Å². The van der Waals surface area contributed by atoms with Crippen LogP contribution >= 0.6 is 0 Å². The third kappa shape index (κ3) is 3.04. The minimum absolute atomic E-state index is 0.0760. The molecule has 0 aromatic carbocycles. The fraction of sp³-hybridized carbons (Fsp3) is 0.500. The van der Waals surface area contributed by atoms with Crippen molar-refractivity contribution in [1.29, 1.82) is 0 Å². The van der Waals surface area contributed by atoms with Crippen molar-refractivity contribution in [2.24, 2.45) is 0 Å². The van der Waals surface area contributed by atoms with Crippen LogP contribution in [-0.4, -0.2) is 56.4 Å². The van der Waals surface area contributed by atoms with E-state index in [1.807, 2.05) is 0 Å². The lowest BCUT2D eigenvalue weighted by atomic mass is 10.1. The molecule has 8 nitrogen and oxygen atoms in total. The van der Waals surface area contributed by atoms with Crippen LogP contribution in [0.1, 0.15) is 29.8 Å². The average molecular weight is 329 g/mol. The van der Waals surface area contributed by atoms with Crippen LogP contribution in [0, 0.1) is 0 Å². The normalized spacial score (nSPS) is 20.2. The number of aromatic nitrogens is 4. The van der Waals surface area contributed by atoms with E-state index in [0.717, 1.165) is 25.8 Å². The van der Waals surface area contributed by atoms with Crippen LogP contribution in [0.3, 0.4) is 0 Å². The van der Waals surface area contributed by atoms with Crippen molar-refractivity contribution in [2.45, 2.75) is 31.9 Å². The Labute approximate surface area is 139 Å². The molecule has 24 heavy (non-hydrogen) atoms. The number of ether oxygens (including phenoxy) is 2. The van der Waals surface area contributed by atoms with Gasteiger partial charge in [-0.05, 0) is 12.8 Å². The van der Waals surface area contributed by atoms with E-state index in [1.165, 1.54) is 0 Å². The number of rotatable bonds is 3. The van der Waals surface area contributed by atoms with Crippen LogP contribution < -0.4 is 9.47 Å². The Bertz CT molecular complexity index is 694. The van der Waals surface area contributed by atoms with Crippen LogP contribution in [0.15, 0.2) is 24.7 Å². The highest BCUT2D eigenvalue weighted by molar-refractivity contribution is 5.92. The van der Waals surface area contributed by atoms with Crippen molar-refractivity contribution < 1.29 is 14.3 Å². The summed E-state index contributed by atoms with van der Waals surface area (Å²) in [5.41, 5.74) is 0.437. The smallest absolute Gasteiger partial charge is 0.274 e. The third-order valence-corrected chi connectivity index (χ3v) is 4.22. The Balaban J connectivity index is 1.43. The molecule has 4 heterocycles. The van der Waals surface area contributed by atoms with Crippen LogP contribution in [0.5, 0.6) is 11.8 Å². The zero-order valence-electron chi connectivity index (χ0n) is 13.3. The summed E-state index contributed by atoms with van der Waals surface area (Å²) < 4.78 is 13.1. The molecule has 2 aromatic rings. The van der Waals surface area contributed by atoms with Gasteiger partial charge >= 0.3 is 0 Å². The van der Waals surface area contributed by atoms with Crippen molar-refractivity contribution >= 4 is 5.91 Å². The van der Waals surface area contributed by atoms with Gasteiger partial charge in [-0.2, -0.15) is 5.10 Å². The molecule has 0 spiro atoms. The summed E-state index contributed by atoms with van der Waals surface area (Å²) in [4.78, 5) is 22.6. The first-order valence-electron chi connectivity index (χ1n) is 8.22. The lowest BCUT2D eigenvalue weighted by molar-refractivity contribution is 0.0521. The first-order valence-corrected chi connectivity index (χ1v) is 8.22. The maximum atomic E-state index is 12.7. The lowest BCUT2D eigenvalue weighted by Crippen LogP contribution is -2.44. The predicted molar refractivity (Wildman–Crippen MR) is 83.9 cm³/mol. The van der Waals surface area contributed by atoms with Crippen molar-refractivity contribution in [3.05, 3.63) is 30.4 Å². The van der Waals surface area contributed by atoms with Crippen molar-refractivity contribution in [3.63, 3.8) is 0 Å². The molecule has 1 fully saturated rings. The molecule has 0 N–H and O–H groups in total. The van der Waals surface area contributed by atoms with Gasteiger partial charge in [0.2, 0.25) is 11.8 Å². The van der Waals surface area contributed by atoms with Gasteiger partial charge in [-0.25, -0.2) is 9.67 Å². The molecule has 0 bridgehead atoms. The number of piperidine rings is 1. The van der Waals surface area contributed by atoms with E-state index < -0.39 is 0 Å². The number of carbonyl (C=O) groups excluding carboxylic acids is 1. The summed E-state index contributed by atoms with van der Waals surface area (Å²) in [6, 6.07) is 1.73. The van der Waals surface area contributed by atoms with E-state index in [-0.39, 0.29) is 12.0 Å². The van der Waals surface area contributed by atoms with Gasteiger partial charge in [-0.3, -0.25) is 9.78 Å². The predicted octanol–water partition coefficient (Wildman–Crippen LogP) is 1.14. The van der Waals surface area contributed by atoms with Gasteiger partial charge in [0.15, 0.2) is 5.69 Å². The quantitative estimate of drug-likeness (QED) is 0.840. The molecule has 0 unspecified atom stereocenters. The van der Waals surface area contributed by atoms with Crippen LogP contribution in [0.2, 0.25) is 0 Å². The molecule has 0 saturated carbocycles. The van der Waals surface area contributed by atoms with E-state index in [1.54, 1.807) is 34.2 Å². The first kappa shape index (κ1) is 14.9. The lowest BCUT2D eigenvalue weighted by Gasteiger charge is -2.32. The summed E-state index contributed by atoms with van der Waals surface area (Å²) in [5.74, 6) is 1.09. The second-order valence-electron chi connectivity index (χ2n) is 5.97. The molecule has 2 aromatic heterocycles. The molecular weight excluding hydrogens is 310 g/mol. The van der Waals surface area contributed by atoms with E-state index >= 15 is 0 Å². The van der Waals surface area contributed by atoms with Crippen molar-refractivity contribution in [3.8, 4) is 11.8 Å². The zero-order chi connectivity index (χ0) is 16.4. The minimum atomic E-state index is -0.0760. The molecule has 4 rings (SSSR count). The van der Waals surface area contributed by atoms with Gasteiger partial charge in [0.1, 0.15) is 6.10 Å². The number of nitrogens with zero attached hydrogens (tertiary/aromatic N) is 5. The summed E-state index contributed by atoms with van der Waals surface area (Å²) in [5, 5.41) is 4.37. The molecule has 0 aliphatic carbocycles. The Morgan fingerprint density at radius 2 is 2.25 bits per heavy atom. The van der Waals surface area contributed by atoms with Gasteiger partial charge in [-0.1, -0.05) is 0 Å². The standard InChI is InChI=1S/C16H19N5O3/c22-16(13-9-15-21(19-13)7-2-8-23-15)20-6-1-3-12(11-20)24-14-10-17-4-5-18-14/h4-5,9-10,12H,1-3,6-8,11H2/t12-/m0/s1. The molecular formula is C16H19N5O3. The van der Waals surface area contributed by atoms with E-state index in [4.69, 9.17) is 9.47 Å². The molecule has 0 radical (unpaired) electrons. The Kier molecular flexibility index (Phi) is 4.02. The summed E-state index contributed by atoms with van der Waals surface area (Å²) in [7, 11) is 0. The summed E-state index contributed by atoms with van der Waals surface area (Å²) in [6.07, 6.45) is 7.40. The Morgan fingerprint density at radius 1 is 1.29 bits per heavy atom. The minimum Gasteiger partial charge on any atom is -0.478 e. The molecule has 126 valence electrons. The largest absolute Gasteiger partial charge is 0.478 e. The van der Waals surface area contributed by atoms with Gasteiger partial charge in [0, 0.05) is 38.0 Å². The highest BCUT2D eigenvalue weighted by Gasteiger charge is 2.28. The molecule has 1 saturated heterocycles. The van der Waals surface area contributed by atoms with E-state index in [9.17, 15) is 4.79 Å². The van der Waals surface area contributed by atoms with Gasteiger partial charge in [0.25, 0.3) is 5.91 Å². The number of aryl methyl sites for hydroxylation is 1. The summed E-state index contributed by atoms with van der Waals surface area (Å²) in [6.45, 7) is 2.71. The Hall–Kier alpha value is -2.64. The highest BCUT2D eigenvalue weighted by atomic mass is 16.5. The van der Waals surface area contributed by atoms with Crippen molar-refractivity contribution in [1.82, 2.24) is 24.6 Å². The third-order valence-electron chi connectivity index (χ3n) is 4.22. The van der Waals surface area contributed by atoms with Crippen LogP contribution in [-0.2, 0) is 6.54 Å². The number of likely N-dealkylation sites (tertiary alicyclic amines) is 1. The second-order valence-corrected chi connectivity index (χ2v) is 5.97. The van der Waals surface area contributed by atoms with Crippen molar-refractivity contribution in [2.75, 3.05) is 19.7 Å². The SMILES string of the molecule is O=C(c1cc2n(n1)CCCO2)N1CCC[C@H](Oc2cnccn2)C1. The molecule has 8 heteroatoms. The molecule has 2 aliphatic heterocycles. The fourth-order valence-corrected chi connectivity index (χ4v) is 3.07. The number of carbonyl (C=O) groups is 1. The molecule has 2 aliphatic rings. The first-order chi connectivity index (χ1) is 11.8. The van der Waals surface area contributed by atoms with Crippen LogP contribution in [0.25, 0.3) is 0 Å². The van der Waals surface area contributed by atoms with E-state index in [2.05, 4.69) is 15.1 Å². The monoisotopic (exact) mass is 329 g/mol. The van der Waals surface area contributed by atoms with E-state index in [0.29, 0.717) is 37.2 Å². The summed E-state index contributed by atoms with van der Waals surface area (Å²) >= 11 is 0. The number of hydrogen-bond acceptors (Lipinski definition) is 6. The van der Waals surface area contributed by atoms with Gasteiger partial charge < -0.3 is 14.4 Å². The topological polar surface area (TPSA) is 82.4 Å². The maximum absolute atomic E-state index is 12.7. The maximum Gasteiger partial charge on any atom is 0.274 e.